The van der Waals surface area contributed by atoms with E-state index in [0.29, 0.717) is 23.7 Å². The number of nitrogens with one attached hydrogen (secondary N) is 1. The Labute approximate surface area is 217 Å². The Kier molecular flexibility index (Phi) is 6.41. The molecule has 3 heterocycles. The minimum Gasteiger partial charge on any atom is -0.478 e. The number of hydrogen-bond acceptors (Lipinski definition) is 4. The van der Waals surface area contributed by atoms with Crippen molar-refractivity contribution in [3.8, 4) is 17.2 Å². The molecule has 6 heteroatoms. The van der Waals surface area contributed by atoms with Crippen molar-refractivity contribution in [2.45, 2.75) is 50.4 Å². The highest BCUT2D eigenvalue weighted by Gasteiger charge is 2.40. The molecule has 6 nitrogen and oxygen atoms in total. The number of ether oxygens (including phenoxy) is 1. The summed E-state index contributed by atoms with van der Waals surface area (Å²) < 4.78 is 8.12. The fourth-order valence-corrected chi connectivity index (χ4v) is 5.80. The number of benzene rings is 3. The number of carboxylic acid groups (broad SMARTS) is 1. The first-order valence-electron chi connectivity index (χ1n) is 13.0. The van der Waals surface area contributed by atoms with Crippen molar-refractivity contribution >= 4 is 11.7 Å². The van der Waals surface area contributed by atoms with Crippen LogP contribution in [0.25, 0.3) is 5.69 Å². The first-order valence-corrected chi connectivity index (χ1v) is 13.0. The molecular formula is C31H31N3O3. The summed E-state index contributed by atoms with van der Waals surface area (Å²) in [5.74, 6) is 0.765. The first-order chi connectivity index (χ1) is 18.1. The molecule has 3 aromatic carbocycles. The van der Waals surface area contributed by atoms with E-state index in [1.165, 1.54) is 18.4 Å². The standard InChI is InChI=1S/C31H31N3O3/c35-31(36)23-5-3-22(4-6-23)21-34-27-9-10-28(34)20-25(19-27)32-24-7-13-29(14-8-24)37-30-15-11-26(12-16-30)33-17-1-2-18-33/h1-8,11-18,25,27-28,32H,9-10,19-21H2,(H,35,36)/t25?,27-,28+. The van der Waals surface area contributed by atoms with Crippen LogP contribution in [0.5, 0.6) is 11.5 Å². The topological polar surface area (TPSA) is 66.7 Å². The van der Waals surface area contributed by atoms with E-state index < -0.39 is 5.97 Å². The van der Waals surface area contributed by atoms with Gasteiger partial charge in [0.25, 0.3) is 0 Å². The second-order valence-electron chi connectivity index (χ2n) is 10.1. The van der Waals surface area contributed by atoms with Gasteiger partial charge in [0.05, 0.1) is 5.56 Å². The van der Waals surface area contributed by atoms with Crippen molar-refractivity contribution in [1.29, 1.82) is 0 Å². The molecule has 2 aliphatic rings. The number of aromatic carboxylic acids is 1. The molecule has 0 saturated carbocycles. The van der Waals surface area contributed by atoms with Crippen molar-refractivity contribution in [2.75, 3.05) is 5.32 Å². The average Bonchev–Trinajstić information content (AvgIpc) is 3.52. The van der Waals surface area contributed by atoms with Crippen LogP contribution < -0.4 is 10.1 Å². The molecule has 1 aromatic heterocycles. The predicted molar refractivity (Wildman–Crippen MR) is 145 cm³/mol. The first kappa shape index (κ1) is 23.4. The Morgan fingerprint density at radius 1 is 0.838 bits per heavy atom. The summed E-state index contributed by atoms with van der Waals surface area (Å²) in [5, 5.41) is 12.9. The van der Waals surface area contributed by atoms with Gasteiger partial charge in [0, 0.05) is 48.4 Å². The quantitative estimate of drug-likeness (QED) is 0.290. The van der Waals surface area contributed by atoms with Gasteiger partial charge >= 0.3 is 5.97 Å². The number of rotatable bonds is 8. The maximum atomic E-state index is 11.1. The van der Waals surface area contributed by atoms with Gasteiger partial charge in [-0.2, -0.15) is 0 Å². The van der Waals surface area contributed by atoms with E-state index in [0.717, 1.165) is 42.3 Å². The molecule has 3 atom stereocenters. The number of aromatic nitrogens is 1. The maximum Gasteiger partial charge on any atom is 0.335 e. The van der Waals surface area contributed by atoms with Crippen LogP contribution in [0, 0.1) is 0 Å². The monoisotopic (exact) mass is 493 g/mol. The summed E-state index contributed by atoms with van der Waals surface area (Å²) in [7, 11) is 0. The zero-order valence-corrected chi connectivity index (χ0v) is 20.7. The smallest absolute Gasteiger partial charge is 0.335 e. The van der Waals surface area contributed by atoms with Gasteiger partial charge in [-0.25, -0.2) is 4.79 Å². The van der Waals surface area contributed by atoms with Crippen LogP contribution in [0.4, 0.5) is 5.69 Å². The van der Waals surface area contributed by atoms with E-state index in [1.807, 2.05) is 60.9 Å². The predicted octanol–water partition coefficient (Wildman–Crippen LogP) is 6.58. The van der Waals surface area contributed by atoms with Gasteiger partial charge in [0.15, 0.2) is 0 Å². The van der Waals surface area contributed by atoms with Crippen LogP contribution in [0.2, 0.25) is 0 Å². The number of carboxylic acids is 1. The summed E-state index contributed by atoms with van der Waals surface area (Å²) >= 11 is 0. The van der Waals surface area contributed by atoms with Gasteiger partial charge in [-0.3, -0.25) is 4.90 Å². The Morgan fingerprint density at radius 3 is 2.03 bits per heavy atom. The van der Waals surface area contributed by atoms with E-state index >= 15 is 0 Å². The summed E-state index contributed by atoms with van der Waals surface area (Å²) in [6.07, 6.45) is 8.75. The highest BCUT2D eigenvalue weighted by atomic mass is 16.5. The van der Waals surface area contributed by atoms with Crippen LogP contribution in [0.1, 0.15) is 41.6 Å². The van der Waals surface area contributed by atoms with E-state index in [9.17, 15) is 4.79 Å². The average molecular weight is 494 g/mol. The minimum atomic E-state index is -0.875. The lowest BCUT2D eigenvalue weighted by Crippen LogP contribution is -2.46. The molecular weight excluding hydrogens is 462 g/mol. The largest absolute Gasteiger partial charge is 0.478 e. The Balaban J connectivity index is 1.03. The number of anilines is 1. The Bertz CT molecular complexity index is 1320. The van der Waals surface area contributed by atoms with E-state index in [-0.39, 0.29) is 0 Å². The summed E-state index contributed by atoms with van der Waals surface area (Å²) in [5.41, 5.74) is 3.76. The molecule has 2 bridgehead atoms. The second-order valence-corrected chi connectivity index (χ2v) is 10.1. The summed E-state index contributed by atoms with van der Waals surface area (Å²) in [6.45, 7) is 0.889. The van der Waals surface area contributed by atoms with Crippen LogP contribution in [-0.4, -0.2) is 38.7 Å². The van der Waals surface area contributed by atoms with Crippen LogP contribution in [0.15, 0.2) is 97.3 Å². The molecule has 4 aromatic rings. The van der Waals surface area contributed by atoms with Crippen molar-refractivity contribution in [2.24, 2.45) is 0 Å². The van der Waals surface area contributed by atoms with Crippen molar-refractivity contribution in [3.63, 3.8) is 0 Å². The molecule has 0 radical (unpaired) electrons. The fourth-order valence-electron chi connectivity index (χ4n) is 5.80. The zero-order chi connectivity index (χ0) is 25.2. The van der Waals surface area contributed by atoms with Gasteiger partial charge in [0.2, 0.25) is 0 Å². The van der Waals surface area contributed by atoms with Gasteiger partial charge < -0.3 is 19.7 Å². The summed E-state index contributed by atoms with van der Waals surface area (Å²) in [6, 6.07) is 29.3. The lowest BCUT2D eigenvalue weighted by Gasteiger charge is -2.39. The van der Waals surface area contributed by atoms with Crippen LogP contribution in [-0.2, 0) is 6.54 Å². The molecule has 0 aliphatic carbocycles. The molecule has 2 N–H and O–H groups in total. The van der Waals surface area contributed by atoms with Gasteiger partial charge in [0.1, 0.15) is 11.5 Å². The molecule has 188 valence electrons. The van der Waals surface area contributed by atoms with Gasteiger partial charge in [-0.05, 0) is 104 Å². The molecule has 2 saturated heterocycles. The lowest BCUT2D eigenvalue weighted by molar-refractivity contribution is 0.0696. The summed E-state index contributed by atoms with van der Waals surface area (Å²) in [4.78, 5) is 13.7. The van der Waals surface area contributed by atoms with Crippen molar-refractivity contribution in [3.05, 3.63) is 108 Å². The number of carbonyl (C=O) groups is 1. The molecule has 2 fully saturated rings. The molecule has 37 heavy (non-hydrogen) atoms. The van der Waals surface area contributed by atoms with E-state index in [2.05, 4.69) is 39.0 Å². The molecule has 0 amide bonds. The van der Waals surface area contributed by atoms with Crippen molar-refractivity contribution < 1.29 is 14.6 Å². The second kappa shape index (κ2) is 10.1. The number of nitrogens with zero attached hydrogens (tertiary/aromatic N) is 2. The number of hydrogen-bond donors (Lipinski definition) is 2. The van der Waals surface area contributed by atoms with Gasteiger partial charge in [-0.15, -0.1) is 0 Å². The normalized spacial score (nSPS) is 21.0. The third-order valence-electron chi connectivity index (χ3n) is 7.65. The number of piperidine rings is 1. The minimum absolute atomic E-state index is 0.344. The number of fused-ring (bicyclic) bond motifs is 2. The highest BCUT2D eigenvalue weighted by molar-refractivity contribution is 5.87. The lowest BCUT2D eigenvalue weighted by atomic mass is 9.96. The Hall–Kier alpha value is -4.03. The maximum absolute atomic E-state index is 11.1. The van der Waals surface area contributed by atoms with E-state index in [4.69, 9.17) is 9.84 Å². The fraction of sp³-hybridized carbons (Fsp3) is 0.258. The third kappa shape index (κ3) is 5.25. The van der Waals surface area contributed by atoms with Gasteiger partial charge in [-0.1, -0.05) is 12.1 Å². The van der Waals surface area contributed by atoms with Crippen LogP contribution in [0.3, 0.4) is 0 Å². The van der Waals surface area contributed by atoms with Crippen molar-refractivity contribution in [1.82, 2.24) is 9.47 Å². The zero-order valence-electron chi connectivity index (χ0n) is 20.7. The third-order valence-corrected chi connectivity index (χ3v) is 7.65. The SMILES string of the molecule is O=C(O)c1ccc(CN2[C@@H]3CC[C@H]2CC(Nc2ccc(Oc4ccc(-n5cccc5)cc4)cc2)C3)cc1. The molecule has 0 spiro atoms. The van der Waals surface area contributed by atoms with Crippen LogP contribution >= 0.6 is 0 Å². The van der Waals surface area contributed by atoms with E-state index in [1.54, 1.807) is 12.1 Å². The molecule has 2 aliphatic heterocycles. The Morgan fingerprint density at radius 2 is 1.43 bits per heavy atom. The molecule has 1 unspecified atom stereocenters. The molecule has 6 rings (SSSR count). The highest BCUT2D eigenvalue weighted by Crippen LogP contribution is 2.38.